The number of rotatable bonds is 5. The number of likely N-dealkylation sites (tertiary alicyclic amines) is 1. The van der Waals surface area contributed by atoms with Gasteiger partial charge in [-0.05, 0) is 49.2 Å². The number of nitrogens with zero attached hydrogens (tertiary/aromatic N) is 7. The highest BCUT2D eigenvalue weighted by Gasteiger charge is 2.30. The molecule has 0 unspecified atom stereocenters. The molecule has 0 N–H and O–H groups in total. The van der Waals surface area contributed by atoms with Gasteiger partial charge >= 0.3 is 0 Å². The summed E-state index contributed by atoms with van der Waals surface area (Å²) in [4.78, 5) is 16.1. The van der Waals surface area contributed by atoms with Crippen molar-refractivity contribution in [3.8, 4) is 5.69 Å². The smallest absolute Gasteiger partial charge is 0.256 e. The lowest BCUT2D eigenvalue weighted by Gasteiger charge is -2.32. The molecule has 5 rings (SSSR count). The molecule has 1 amide bonds. The Balaban J connectivity index is 1.39. The van der Waals surface area contributed by atoms with Gasteiger partial charge in [-0.3, -0.25) is 9.36 Å². The third-order valence-electron chi connectivity index (χ3n) is 5.92. The van der Waals surface area contributed by atoms with Crippen molar-refractivity contribution < 1.29 is 9.18 Å². The van der Waals surface area contributed by atoms with Gasteiger partial charge < -0.3 is 4.90 Å². The Bertz CT molecular complexity index is 1300. The zero-order valence-corrected chi connectivity index (χ0v) is 19.5. The highest BCUT2D eigenvalue weighted by atomic mass is 35.5. The van der Waals surface area contributed by atoms with Crippen LogP contribution in [-0.2, 0) is 6.54 Å². The first-order valence-corrected chi connectivity index (χ1v) is 11.5. The van der Waals surface area contributed by atoms with E-state index in [9.17, 15) is 9.18 Å². The molecule has 0 aliphatic carbocycles. The molecule has 0 atom stereocenters. The van der Waals surface area contributed by atoms with Crippen LogP contribution in [0.4, 0.5) is 4.39 Å². The maximum atomic E-state index is 14.4. The van der Waals surface area contributed by atoms with Gasteiger partial charge in [-0.15, -0.1) is 10.2 Å². The zero-order chi connectivity index (χ0) is 23.7. The Morgan fingerprint density at radius 3 is 2.41 bits per heavy atom. The summed E-state index contributed by atoms with van der Waals surface area (Å²) < 4.78 is 16.4. The molecule has 2 aromatic heterocycles. The quantitative estimate of drug-likeness (QED) is 0.407. The highest BCUT2D eigenvalue weighted by molar-refractivity contribution is 6.31. The summed E-state index contributed by atoms with van der Waals surface area (Å²) >= 11 is 12.0. The molecular weight excluding hydrogens is 480 g/mol. The summed E-state index contributed by atoms with van der Waals surface area (Å²) in [6, 6.07) is 11.9. The molecule has 0 spiro atoms. The Morgan fingerprint density at radius 1 is 1.00 bits per heavy atom. The van der Waals surface area contributed by atoms with Crippen molar-refractivity contribution in [1.82, 2.24) is 34.7 Å². The fourth-order valence-corrected chi connectivity index (χ4v) is 4.50. The van der Waals surface area contributed by atoms with Gasteiger partial charge in [0.1, 0.15) is 12.4 Å². The molecule has 1 aliphatic rings. The minimum Gasteiger partial charge on any atom is -0.339 e. The van der Waals surface area contributed by atoms with Crippen LogP contribution in [0.25, 0.3) is 5.69 Å². The largest absolute Gasteiger partial charge is 0.339 e. The fraction of sp³-hybridized carbons (Fsp3) is 0.261. The van der Waals surface area contributed by atoms with Gasteiger partial charge in [-0.2, -0.15) is 15.0 Å². The van der Waals surface area contributed by atoms with Gasteiger partial charge in [-0.1, -0.05) is 29.3 Å². The molecule has 1 aliphatic heterocycles. The molecule has 8 nitrogen and oxygen atoms in total. The van der Waals surface area contributed by atoms with Crippen LogP contribution in [-0.4, -0.2) is 53.7 Å². The van der Waals surface area contributed by atoms with E-state index in [4.69, 9.17) is 23.2 Å². The average molecular weight is 500 g/mol. The number of benzene rings is 2. The standard InChI is InChI=1S/C23H20Cl2FN7O/c24-16-4-6-17(7-5-16)33-20(14-32-27-10-11-28-32)29-30-22(33)15-8-12-31(13-9-15)23(34)18-2-1-3-19(25)21(18)26/h1-7,10-11,15H,8-9,12-14H2. The Kier molecular flexibility index (Phi) is 6.30. The van der Waals surface area contributed by atoms with Gasteiger partial charge in [0.15, 0.2) is 11.6 Å². The van der Waals surface area contributed by atoms with Crippen LogP contribution in [0.1, 0.15) is 40.8 Å². The van der Waals surface area contributed by atoms with Gasteiger partial charge in [0.05, 0.1) is 23.0 Å². The Morgan fingerprint density at radius 2 is 1.71 bits per heavy atom. The van der Waals surface area contributed by atoms with Crippen molar-refractivity contribution in [2.75, 3.05) is 13.1 Å². The van der Waals surface area contributed by atoms with Crippen LogP contribution >= 0.6 is 23.2 Å². The molecule has 174 valence electrons. The lowest BCUT2D eigenvalue weighted by atomic mass is 9.95. The second-order valence-electron chi connectivity index (χ2n) is 8.01. The SMILES string of the molecule is O=C(c1cccc(Cl)c1F)N1CCC(c2nnc(Cn3nccn3)n2-c2ccc(Cl)cc2)CC1. The highest BCUT2D eigenvalue weighted by Crippen LogP contribution is 2.31. The van der Waals surface area contributed by atoms with Crippen LogP contribution in [0, 0.1) is 5.82 Å². The number of hydrogen-bond donors (Lipinski definition) is 0. The summed E-state index contributed by atoms with van der Waals surface area (Å²) in [6.07, 6.45) is 4.55. The van der Waals surface area contributed by atoms with Crippen molar-refractivity contribution in [1.29, 1.82) is 0 Å². The molecular formula is C23H20Cl2FN7O. The predicted molar refractivity (Wildman–Crippen MR) is 125 cm³/mol. The average Bonchev–Trinajstić information content (AvgIpc) is 3.52. The number of halogens is 3. The van der Waals surface area contributed by atoms with Crippen LogP contribution < -0.4 is 0 Å². The topological polar surface area (TPSA) is 81.7 Å². The van der Waals surface area contributed by atoms with E-state index in [2.05, 4.69) is 20.4 Å². The van der Waals surface area contributed by atoms with Gasteiger partial charge in [-0.25, -0.2) is 4.39 Å². The van der Waals surface area contributed by atoms with E-state index in [1.165, 1.54) is 12.1 Å². The Labute approximate surface area is 204 Å². The Hall–Kier alpha value is -3.30. The minimum atomic E-state index is -0.685. The summed E-state index contributed by atoms with van der Waals surface area (Å²) in [7, 11) is 0. The van der Waals surface area contributed by atoms with E-state index in [1.807, 2.05) is 28.8 Å². The van der Waals surface area contributed by atoms with Crippen LogP contribution in [0.3, 0.4) is 0 Å². The summed E-state index contributed by atoms with van der Waals surface area (Å²) in [5, 5.41) is 17.8. The number of carbonyl (C=O) groups is 1. The molecule has 1 fully saturated rings. The van der Waals surface area contributed by atoms with E-state index < -0.39 is 5.82 Å². The maximum Gasteiger partial charge on any atom is 0.256 e. The second-order valence-corrected chi connectivity index (χ2v) is 8.86. The number of carbonyl (C=O) groups excluding carboxylic acids is 1. The van der Waals surface area contributed by atoms with Crippen molar-refractivity contribution in [3.63, 3.8) is 0 Å². The van der Waals surface area contributed by atoms with Crippen molar-refractivity contribution in [2.24, 2.45) is 0 Å². The molecule has 34 heavy (non-hydrogen) atoms. The summed E-state index contributed by atoms with van der Waals surface area (Å²) in [6.45, 7) is 1.30. The van der Waals surface area contributed by atoms with Gasteiger partial charge in [0.25, 0.3) is 5.91 Å². The normalized spacial score (nSPS) is 14.5. The molecule has 4 aromatic rings. The van der Waals surface area contributed by atoms with E-state index in [-0.39, 0.29) is 22.4 Å². The third kappa shape index (κ3) is 4.41. The number of aromatic nitrogens is 6. The minimum absolute atomic E-state index is 0.00992. The first-order valence-electron chi connectivity index (χ1n) is 10.8. The molecule has 11 heteroatoms. The second kappa shape index (κ2) is 9.52. The number of amides is 1. The molecule has 0 radical (unpaired) electrons. The van der Waals surface area contributed by atoms with Crippen LogP contribution in [0.15, 0.2) is 54.9 Å². The van der Waals surface area contributed by atoms with E-state index in [0.29, 0.717) is 43.3 Å². The van der Waals surface area contributed by atoms with E-state index in [0.717, 1.165) is 11.5 Å². The van der Waals surface area contributed by atoms with Crippen LogP contribution in [0.2, 0.25) is 10.0 Å². The monoisotopic (exact) mass is 499 g/mol. The summed E-state index contributed by atoms with van der Waals surface area (Å²) in [5.41, 5.74) is 0.871. The lowest BCUT2D eigenvalue weighted by Crippen LogP contribution is -2.38. The van der Waals surface area contributed by atoms with Crippen molar-refractivity contribution >= 4 is 29.1 Å². The lowest BCUT2D eigenvalue weighted by molar-refractivity contribution is 0.0706. The molecule has 3 heterocycles. The van der Waals surface area contributed by atoms with Crippen molar-refractivity contribution in [3.05, 3.63) is 87.9 Å². The van der Waals surface area contributed by atoms with Gasteiger partial charge in [0.2, 0.25) is 0 Å². The first-order chi connectivity index (χ1) is 16.5. The molecule has 2 aromatic carbocycles. The number of hydrogen-bond acceptors (Lipinski definition) is 5. The number of piperidine rings is 1. The van der Waals surface area contributed by atoms with Crippen molar-refractivity contribution in [2.45, 2.75) is 25.3 Å². The molecule has 0 bridgehead atoms. The van der Waals surface area contributed by atoms with E-state index >= 15 is 0 Å². The molecule has 1 saturated heterocycles. The first kappa shape index (κ1) is 22.5. The zero-order valence-electron chi connectivity index (χ0n) is 18.0. The maximum absolute atomic E-state index is 14.4. The van der Waals surface area contributed by atoms with Crippen LogP contribution in [0.5, 0.6) is 0 Å². The predicted octanol–water partition coefficient (Wildman–Crippen LogP) is 4.37. The summed E-state index contributed by atoms with van der Waals surface area (Å²) in [5.74, 6) is 0.507. The molecule has 0 saturated carbocycles. The van der Waals surface area contributed by atoms with E-state index in [1.54, 1.807) is 28.2 Å². The van der Waals surface area contributed by atoms with Gasteiger partial charge in [0, 0.05) is 29.7 Å². The third-order valence-corrected chi connectivity index (χ3v) is 6.46. The fourth-order valence-electron chi connectivity index (χ4n) is 4.20.